The first kappa shape index (κ1) is 22.6. The Balaban J connectivity index is 1.77. The summed E-state index contributed by atoms with van der Waals surface area (Å²) in [5, 5.41) is 0. The molecule has 1 aromatic carbocycles. The average Bonchev–Trinajstić information content (AvgIpc) is 2.90. The smallest absolute Gasteiger partial charge is 0.306 e. The van der Waals surface area contributed by atoms with E-state index in [1.54, 1.807) is 29.2 Å². The standard InChI is InChI=1S/C22H30N2O5/c1-15(2)12-23(13-16(3)4)19(25)14-29-20(26)10-7-11-24-21(27)17-8-5-6-9-18(17)22(24)28/h5-6,8-9,15-16H,7,10-14H2,1-4H3. The van der Waals surface area contributed by atoms with E-state index in [-0.39, 0.29) is 37.3 Å². The van der Waals surface area contributed by atoms with Gasteiger partial charge in [-0.2, -0.15) is 0 Å². The summed E-state index contributed by atoms with van der Waals surface area (Å²) < 4.78 is 5.11. The van der Waals surface area contributed by atoms with Gasteiger partial charge in [-0.25, -0.2) is 0 Å². The summed E-state index contributed by atoms with van der Waals surface area (Å²) >= 11 is 0. The number of rotatable bonds is 10. The molecule has 7 heteroatoms. The van der Waals surface area contributed by atoms with E-state index in [4.69, 9.17) is 4.74 Å². The van der Waals surface area contributed by atoms with Gasteiger partial charge in [0, 0.05) is 26.1 Å². The lowest BCUT2D eigenvalue weighted by Crippen LogP contribution is -2.39. The SMILES string of the molecule is CC(C)CN(CC(C)C)C(=O)COC(=O)CCCN1C(=O)c2ccccc2C1=O. The fourth-order valence-corrected chi connectivity index (χ4v) is 3.29. The highest BCUT2D eigenvalue weighted by Crippen LogP contribution is 2.22. The molecular weight excluding hydrogens is 372 g/mol. The van der Waals surface area contributed by atoms with E-state index in [0.717, 1.165) is 4.90 Å². The van der Waals surface area contributed by atoms with Crippen LogP contribution in [0.25, 0.3) is 0 Å². The van der Waals surface area contributed by atoms with E-state index < -0.39 is 5.97 Å². The van der Waals surface area contributed by atoms with Crippen molar-refractivity contribution in [1.29, 1.82) is 0 Å². The Morgan fingerprint density at radius 1 is 0.966 bits per heavy atom. The molecule has 0 fully saturated rings. The number of fused-ring (bicyclic) bond motifs is 1. The summed E-state index contributed by atoms with van der Waals surface area (Å²) in [5.74, 6) is -0.745. The lowest BCUT2D eigenvalue weighted by molar-refractivity contribution is -0.152. The van der Waals surface area contributed by atoms with Crippen LogP contribution >= 0.6 is 0 Å². The molecule has 0 saturated heterocycles. The Morgan fingerprint density at radius 3 is 1.97 bits per heavy atom. The molecule has 158 valence electrons. The molecule has 1 aliphatic rings. The molecule has 29 heavy (non-hydrogen) atoms. The minimum Gasteiger partial charge on any atom is -0.456 e. The van der Waals surface area contributed by atoms with Crippen LogP contribution in [-0.4, -0.2) is 59.7 Å². The van der Waals surface area contributed by atoms with Gasteiger partial charge in [0.15, 0.2) is 6.61 Å². The maximum Gasteiger partial charge on any atom is 0.306 e. The molecule has 0 N–H and O–H groups in total. The summed E-state index contributed by atoms with van der Waals surface area (Å²) in [6.45, 7) is 9.23. The number of amides is 3. The first-order chi connectivity index (χ1) is 13.7. The number of carbonyl (C=O) groups excluding carboxylic acids is 4. The topological polar surface area (TPSA) is 84.0 Å². The lowest BCUT2D eigenvalue weighted by atomic mass is 10.1. The van der Waals surface area contributed by atoms with Crippen LogP contribution in [0.2, 0.25) is 0 Å². The van der Waals surface area contributed by atoms with E-state index in [2.05, 4.69) is 0 Å². The largest absolute Gasteiger partial charge is 0.456 e. The van der Waals surface area contributed by atoms with Crippen molar-refractivity contribution < 1.29 is 23.9 Å². The van der Waals surface area contributed by atoms with Crippen molar-refractivity contribution >= 4 is 23.7 Å². The monoisotopic (exact) mass is 402 g/mol. The molecule has 0 aliphatic carbocycles. The highest BCUT2D eigenvalue weighted by Gasteiger charge is 2.34. The number of imide groups is 1. The minimum absolute atomic E-state index is 0.0368. The molecule has 3 amide bonds. The molecule has 0 bridgehead atoms. The predicted molar refractivity (Wildman–Crippen MR) is 108 cm³/mol. The fraction of sp³-hybridized carbons (Fsp3) is 0.545. The second kappa shape index (κ2) is 10.2. The maximum absolute atomic E-state index is 12.4. The minimum atomic E-state index is -0.510. The highest BCUT2D eigenvalue weighted by molar-refractivity contribution is 6.21. The molecule has 7 nitrogen and oxygen atoms in total. The van der Waals surface area contributed by atoms with Crippen LogP contribution in [0, 0.1) is 11.8 Å². The van der Waals surface area contributed by atoms with Gasteiger partial charge in [-0.05, 0) is 30.4 Å². The third-order valence-electron chi connectivity index (χ3n) is 4.52. The molecule has 2 rings (SSSR count). The van der Waals surface area contributed by atoms with Gasteiger partial charge in [-0.15, -0.1) is 0 Å². The van der Waals surface area contributed by atoms with Crippen molar-refractivity contribution in [3.63, 3.8) is 0 Å². The molecule has 1 aromatic rings. The van der Waals surface area contributed by atoms with E-state index in [9.17, 15) is 19.2 Å². The molecule has 0 aromatic heterocycles. The van der Waals surface area contributed by atoms with Crippen LogP contribution in [-0.2, 0) is 14.3 Å². The second-order valence-corrected chi connectivity index (χ2v) is 8.16. The first-order valence-corrected chi connectivity index (χ1v) is 10.1. The van der Waals surface area contributed by atoms with Gasteiger partial charge >= 0.3 is 5.97 Å². The van der Waals surface area contributed by atoms with Crippen molar-refractivity contribution in [3.05, 3.63) is 35.4 Å². The van der Waals surface area contributed by atoms with Crippen LogP contribution < -0.4 is 0 Å². The Kier molecular flexibility index (Phi) is 7.93. The van der Waals surface area contributed by atoms with E-state index in [1.807, 2.05) is 27.7 Å². The average molecular weight is 402 g/mol. The summed E-state index contributed by atoms with van der Waals surface area (Å²) in [5.41, 5.74) is 0.780. The Morgan fingerprint density at radius 2 is 1.48 bits per heavy atom. The lowest BCUT2D eigenvalue weighted by Gasteiger charge is -2.26. The van der Waals surface area contributed by atoms with E-state index >= 15 is 0 Å². The number of esters is 1. The van der Waals surface area contributed by atoms with Crippen molar-refractivity contribution in [2.75, 3.05) is 26.2 Å². The Labute approximate surface area is 172 Å². The number of benzene rings is 1. The number of nitrogens with zero attached hydrogens (tertiary/aromatic N) is 2. The van der Waals surface area contributed by atoms with Crippen molar-refractivity contribution in [1.82, 2.24) is 9.80 Å². The van der Waals surface area contributed by atoms with Gasteiger partial charge in [-0.3, -0.25) is 24.1 Å². The van der Waals surface area contributed by atoms with Crippen LogP contribution in [0.15, 0.2) is 24.3 Å². The van der Waals surface area contributed by atoms with Gasteiger partial charge in [0.05, 0.1) is 11.1 Å². The molecule has 1 heterocycles. The van der Waals surface area contributed by atoms with Crippen molar-refractivity contribution in [2.24, 2.45) is 11.8 Å². The van der Waals surface area contributed by atoms with Crippen molar-refractivity contribution in [3.8, 4) is 0 Å². The third kappa shape index (κ3) is 6.14. The summed E-state index contributed by atoms with van der Waals surface area (Å²) in [6.07, 6.45) is 0.329. The molecular formula is C22H30N2O5. The highest BCUT2D eigenvalue weighted by atomic mass is 16.5. The first-order valence-electron chi connectivity index (χ1n) is 10.1. The number of carbonyl (C=O) groups is 4. The van der Waals surface area contributed by atoms with Gasteiger partial charge < -0.3 is 9.64 Å². The molecule has 0 radical (unpaired) electrons. The van der Waals surface area contributed by atoms with Crippen LogP contribution in [0.3, 0.4) is 0 Å². The summed E-state index contributed by atoms with van der Waals surface area (Å²) in [7, 11) is 0. The normalized spacial score (nSPS) is 13.2. The van der Waals surface area contributed by atoms with E-state index in [1.165, 1.54) is 0 Å². The number of ether oxygens (including phenoxy) is 1. The maximum atomic E-state index is 12.4. The second-order valence-electron chi connectivity index (χ2n) is 8.16. The van der Waals surface area contributed by atoms with Gasteiger partial charge in [0.1, 0.15) is 0 Å². The van der Waals surface area contributed by atoms with E-state index in [0.29, 0.717) is 42.5 Å². The zero-order valence-corrected chi connectivity index (χ0v) is 17.6. The quantitative estimate of drug-likeness (QED) is 0.444. The fourth-order valence-electron chi connectivity index (χ4n) is 3.29. The van der Waals surface area contributed by atoms with Gasteiger partial charge in [-0.1, -0.05) is 39.8 Å². The van der Waals surface area contributed by atoms with Crippen LogP contribution in [0.5, 0.6) is 0 Å². The summed E-state index contributed by atoms with van der Waals surface area (Å²) in [4.78, 5) is 51.8. The molecule has 0 unspecified atom stereocenters. The van der Waals surface area contributed by atoms with Gasteiger partial charge in [0.2, 0.25) is 0 Å². The van der Waals surface area contributed by atoms with Crippen molar-refractivity contribution in [2.45, 2.75) is 40.5 Å². The third-order valence-corrected chi connectivity index (χ3v) is 4.52. The molecule has 0 saturated carbocycles. The zero-order chi connectivity index (χ0) is 21.6. The number of hydrogen-bond acceptors (Lipinski definition) is 5. The molecule has 0 spiro atoms. The molecule has 1 aliphatic heterocycles. The predicted octanol–water partition coefficient (Wildman–Crippen LogP) is 2.75. The van der Waals surface area contributed by atoms with Crippen LogP contribution in [0.1, 0.15) is 61.3 Å². The van der Waals surface area contributed by atoms with Crippen LogP contribution in [0.4, 0.5) is 0 Å². The zero-order valence-electron chi connectivity index (χ0n) is 17.6. The molecule has 0 atom stereocenters. The summed E-state index contributed by atoms with van der Waals surface area (Å²) in [6, 6.07) is 6.67. The van der Waals surface area contributed by atoms with Gasteiger partial charge in [0.25, 0.3) is 17.7 Å². The Hall–Kier alpha value is -2.70. The Bertz CT molecular complexity index is 727. The number of hydrogen-bond donors (Lipinski definition) is 0.